The minimum absolute atomic E-state index is 0.0902. The van der Waals surface area contributed by atoms with Crippen molar-refractivity contribution < 1.29 is 19.7 Å². The Labute approximate surface area is 195 Å². The number of nitrogens with zero attached hydrogens (tertiary/aromatic N) is 3. The van der Waals surface area contributed by atoms with Gasteiger partial charge < -0.3 is 14.9 Å². The van der Waals surface area contributed by atoms with E-state index >= 15 is 0 Å². The van der Waals surface area contributed by atoms with Gasteiger partial charge in [0.05, 0.1) is 5.75 Å². The van der Waals surface area contributed by atoms with Crippen LogP contribution in [0.1, 0.15) is 27.3 Å². The number of benzene rings is 3. The Hall–Kier alpha value is -3.78. The first-order valence-corrected chi connectivity index (χ1v) is 11.3. The topological polar surface area (TPSA) is 97.5 Å². The highest BCUT2D eigenvalue weighted by Gasteiger charge is 2.18. The molecule has 0 unspecified atom stereocenters. The molecule has 33 heavy (non-hydrogen) atoms. The van der Waals surface area contributed by atoms with E-state index in [0.29, 0.717) is 16.5 Å². The zero-order valence-corrected chi connectivity index (χ0v) is 19.0. The standard InChI is InChI=1S/C25H23N3O4S/c1-16-7-6-8-17(2)24(16)32-14-23-26-27-25(28(23)19-9-4-3-5-10-19)33-15-22(31)18-11-12-20(29)21(30)13-18/h3-13,29-30H,14-15H2,1-2H3. The van der Waals surface area contributed by atoms with Gasteiger partial charge in [-0.1, -0.05) is 48.2 Å². The number of Topliss-reactive ketones (excluding diaryl/α,β-unsaturated/α-hetero) is 1. The minimum Gasteiger partial charge on any atom is -0.504 e. The molecule has 0 saturated heterocycles. The van der Waals surface area contributed by atoms with Gasteiger partial charge in [0.2, 0.25) is 0 Å². The average Bonchev–Trinajstić information content (AvgIpc) is 3.22. The van der Waals surface area contributed by atoms with Crippen molar-refractivity contribution >= 4 is 17.5 Å². The van der Waals surface area contributed by atoms with Gasteiger partial charge in [0.15, 0.2) is 28.3 Å². The molecule has 0 spiro atoms. The number of hydrogen-bond acceptors (Lipinski definition) is 7. The van der Waals surface area contributed by atoms with Crippen LogP contribution in [0.5, 0.6) is 17.2 Å². The number of carbonyl (C=O) groups excluding carboxylic acids is 1. The SMILES string of the molecule is Cc1cccc(C)c1OCc1nnc(SCC(=O)c2ccc(O)c(O)c2)n1-c1ccccc1. The van der Waals surface area contributed by atoms with Gasteiger partial charge in [-0.3, -0.25) is 9.36 Å². The molecule has 3 aromatic carbocycles. The van der Waals surface area contributed by atoms with Crippen molar-refractivity contribution in [2.45, 2.75) is 25.6 Å². The fraction of sp³-hybridized carbons (Fsp3) is 0.160. The van der Waals surface area contributed by atoms with Crippen LogP contribution in [-0.2, 0) is 6.61 Å². The van der Waals surface area contributed by atoms with Crippen LogP contribution in [0.4, 0.5) is 0 Å². The Morgan fingerprint density at radius 2 is 1.67 bits per heavy atom. The van der Waals surface area contributed by atoms with Gasteiger partial charge in [0.25, 0.3) is 0 Å². The molecule has 1 aromatic heterocycles. The Balaban J connectivity index is 1.57. The summed E-state index contributed by atoms with van der Waals surface area (Å²) in [5.74, 6) is 0.720. The van der Waals surface area contributed by atoms with E-state index in [1.165, 1.54) is 30.0 Å². The smallest absolute Gasteiger partial charge is 0.196 e. The zero-order chi connectivity index (χ0) is 23.4. The van der Waals surface area contributed by atoms with E-state index in [0.717, 1.165) is 22.6 Å². The van der Waals surface area contributed by atoms with Gasteiger partial charge in [0, 0.05) is 11.3 Å². The molecule has 0 aliphatic heterocycles. The Kier molecular flexibility index (Phi) is 6.65. The normalized spacial score (nSPS) is 10.8. The monoisotopic (exact) mass is 461 g/mol. The number of phenolic OH excluding ortho intramolecular Hbond substituents is 2. The van der Waals surface area contributed by atoms with Crippen molar-refractivity contribution in [1.29, 1.82) is 0 Å². The van der Waals surface area contributed by atoms with Crippen molar-refractivity contribution in [3.63, 3.8) is 0 Å². The molecule has 0 bridgehead atoms. The van der Waals surface area contributed by atoms with E-state index in [9.17, 15) is 15.0 Å². The maximum absolute atomic E-state index is 12.6. The number of phenols is 2. The third kappa shape index (κ3) is 5.01. The van der Waals surface area contributed by atoms with E-state index in [1.807, 2.05) is 66.9 Å². The Bertz CT molecular complexity index is 1270. The number of aromatic nitrogens is 3. The van der Waals surface area contributed by atoms with Crippen molar-refractivity contribution in [2.24, 2.45) is 0 Å². The molecule has 2 N–H and O–H groups in total. The molecule has 8 heteroatoms. The molecule has 0 aliphatic carbocycles. The zero-order valence-electron chi connectivity index (χ0n) is 18.2. The second-order valence-electron chi connectivity index (χ2n) is 7.49. The molecule has 4 aromatic rings. The minimum atomic E-state index is -0.329. The lowest BCUT2D eigenvalue weighted by Crippen LogP contribution is -2.08. The highest BCUT2D eigenvalue weighted by molar-refractivity contribution is 7.99. The van der Waals surface area contributed by atoms with Gasteiger partial charge in [-0.05, 0) is 55.3 Å². The molecule has 4 rings (SSSR count). The number of aryl methyl sites for hydroxylation is 2. The average molecular weight is 462 g/mol. The van der Waals surface area contributed by atoms with Gasteiger partial charge in [-0.25, -0.2) is 0 Å². The van der Waals surface area contributed by atoms with Crippen LogP contribution in [0.15, 0.2) is 71.9 Å². The molecule has 0 atom stereocenters. The van der Waals surface area contributed by atoms with Crippen LogP contribution in [-0.4, -0.2) is 36.5 Å². The fourth-order valence-corrected chi connectivity index (χ4v) is 4.26. The number of ketones is 1. The second kappa shape index (κ2) is 9.79. The number of para-hydroxylation sites is 2. The van der Waals surface area contributed by atoms with Crippen LogP contribution in [0.3, 0.4) is 0 Å². The first-order valence-electron chi connectivity index (χ1n) is 10.3. The fourth-order valence-electron chi connectivity index (χ4n) is 3.40. The summed E-state index contributed by atoms with van der Waals surface area (Å²) in [5, 5.41) is 28.3. The van der Waals surface area contributed by atoms with Crippen molar-refractivity contribution in [1.82, 2.24) is 14.8 Å². The number of aromatic hydroxyl groups is 2. The summed E-state index contributed by atoms with van der Waals surface area (Å²) in [6.07, 6.45) is 0. The van der Waals surface area contributed by atoms with Gasteiger partial charge in [-0.15, -0.1) is 10.2 Å². The summed E-state index contributed by atoms with van der Waals surface area (Å²) in [7, 11) is 0. The maximum atomic E-state index is 12.6. The van der Waals surface area contributed by atoms with Crippen molar-refractivity contribution in [3.8, 4) is 22.9 Å². The third-order valence-corrected chi connectivity index (χ3v) is 6.03. The van der Waals surface area contributed by atoms with Gasteiger partial charge in [0.1, 0.15) is 12.4 Å². The summed E-state index contributed by atoms with van der Waals surface area (Å²) in [4.78, 5) is 12.6. The van der Waals surface area contributed by atoms with Gasteiger partial charge >= 0.3 is 0 Å². The van der Waals surface area contributed by atoms with E-state index in [-0.39, 0.29) is 29.6 Å². The van der Waals surface area contributed by atoms with Crippen LogP contribution in [0.2, 0.25) is 0 Å². The van der Waals surface area contributed by atoms with E-state index in [2.05, 4.69) is 10.2 Å². The highest BCUT2D eigenvalue weighted by atomic mass is 32.2. The molecule has 1 heterocycles. The van der Waals surface area contributed by atoms with E-state index in [4.69, 9.17) is 4.74 Å². The summed E-state index contributed by atoms with van der Waals surface area (Å²) in [5.41, 5.74) is 3.25. The molecule has 0 aliphatic rings. The van der Waals surface area contributed by atoms with Crippen molar-refractivity contribution in [2.75, 3.05) is 5.75 Å². The molecular formula is C25H23N3O4S. The largest absolute Gasteiger partial charge is 0.504 e. The van der Waals surface area contributed by atoms with Crippen LogP contribution in [0.25, 0.3) is 5.69 Å². The molecule has 0 radical (unpaired) electrons. The van der Waals surface area contributed by atoms with E-state index < -0.39 is 0 Å². The number of carbonyl (C=O) groups is 1. The molecule has 7 nitrogen and oxygen atoms in total. The molecule has 168 valence electrons. The molecular weight excluding hydrogens is 438 g/mol. The summed E-state index contributed by atoms with van der Waals surface area (Å²) in [6, 6.07) is 19.7. The predicted molar refractivity (Wildman–Crippen MR) is 126 cm³/mol. The first-order chi connectivity index (χ1) is 15.9. The quantitative estimate of drug-likeness (QED) is 0.220. The van der Waals surface area contributed by atoms with Gasteiger partial charge in [-0.2, -0.15) is 0 Å². The number of thioether (sulfide) groups is 1. The number of hydrogen-bond donors (Lipinski definition) is 2. The molecule has 0 saturated carbocycles. The maximum Gasteiger partial charge on any atom is 0.196 e. The molecule has 0 fully saturated rings. The number of rotatable bonds is 8. The first kappa shape index (κ1) is 22.4. The van der Waals surface area contributed by atoms with Crippen molar-refractivity contribution in [3.05, 3.63) is 89.2 Å². The third-order valence-electron chi connectivity index (χ3n) is 5.10. The molecule has 0 amide bonds. The predicted octanol–water partition coefficient (Wildman–Crippen LogP) is 4.85. The second-order valence-corrected chi connectivity index (χ2v) is 8.44. The van der Waals surface area contributed by atoms with Crippen LogP contribution >= 0.6 is 11.8 Å². The summed E-state index contributed by atoms with van der Waals surface area (Å²) in [6.45, 7) is 4.21. The number of ether oxygens (including phenoxy) is 1. The van der Waals surface area contributed by atoms with Crippen LogP contribution in [0, 0.1) is 13.8 Å². The summed E-state index contributed by atoms with van der Waals surface area (Å²) >= 11 is 1.24. The lowest BCUT2D eigenvalue weighted by Gasteiger charge is -2.13. The van der Waals surface area contributed by atoms with Crippen LogP contribution < -0.4 is 4.74 Å². The Morgan fingerprint density at radius 1 is 0.939 bits per heavy atom. The van der Waals surface area contributed by atoms with E-state index in [1.54, 1.807) is 0 Å². The lowest BCUT2D eigenvalue weighted by molar-refractivity contribution is 0.102. The summed E-state index contributed by atoms with van der Waals surface area (Å²) < 4.78 is 7.97. The lowest BCUT2D eigenvalue weighted by atomic mass is 10.1. The highest BCUT2D eigenvalue weighted by Crippen LogP contribution is 2.28. The Morgan fingerprint density at radius 3 is 2.36 bits per heavy atom.